The number of hydrogen-bond acceptors (Lipinski definition) is 0. The van der Waals surface area contributed by atoms with Gasteiger partial charge in [0.25, 0.3) is 0 Å². The Kier molecular flexibility index (Phi) is 7.43. The summed E-state index contributed by atoms with van der Waals surface area (Å²) < 4.78 is 4.87. The van der Waals surface area contributed by atoms with Gasteiger partial charge in [0.05, 0.1) is 22.1 Å². The third-order valence-corrected chi connectivity index (χ3v) is 13.9. The van der Waals surface area contributed by atoms with E-state index in [-0.39, 0.29) is 0 Å². The molecule has 1 aliphatic carbocycles. The van der Waals surface area contributed by atoms with E-state index in [2.05, 4.69) is 240 Å². The van der Waals surface area contributed by atoms with Crippen molar-refractivity contribution < 1.29 is 0 Å². The van der Waals surface area contributed by atoms with E-state index < -0.39 is 0 Å². The molecule has 0 amide bonds. The monoisotopic (exact) mass is 810 g/mol. The van der Waals surface area contributed by atoms with Crippen LogP contribution in [-0.4, -0.2) is 9.13 Å². The van der Waals surface area contributed by atoms with Crippen molar-refractivity contribution in [2.75, 3.05) is 0 Å². The highest BCUT2D eigenvalue weighted by molar-refractivity contribution is 6.20. The van der Waals surface area contributed by atoms with Gasteiger partial charge >= 0.3 is 0 Å². The Bertz CT molecular complexity index is 4020. The zero-order valence-electron chi connectivity index (χ0n) is 34.8. The molecule has 0 saturated heterocycles. The molecule has 0 atom stereocenters. The van der Waals surface area contributed by atoms with Gasteiger partial charge in [0.15, 0.2) is 0 Å². The minimum Gasteiger partial charge on any atom is -0.309 e. The Morgan fingerprint density at radius 1 is 0.234 bits per heavy atom. The molecule has 2 heteroatoms. The van der Waals surface area contributed by atoms with E-state index in [9.17, 15) is 0 Å². The van der Waals surface area contributed by atoms with Gasteiger partial charge in [-0.1, -0.05) is 176 Å². The topological polar surface area (TPSA) is 9.86 Å². The summed E-state index contributed by atoms with van der Waals surface area (Å²) in [6.07, 6.45) is 0. The lowest BCUT2D eigenvalue weighted by Gasteiger charge is -2.13. The van der Waals surface area contributed by atoms with E-state index in [1.165, 1.54) is 126 Å². The molecule has 2 nitrogen and oxygen atoms in total. The summed E-state index contributed by atoms with van der Waals surface area (Å²) in [6, 6.07) is 85.2. The number of rotatable bonds is 5. The van der Waals surface area contributed by atoms with Gasteiger partial charge in [0, 0.05) is 38.3 Å². The second kappa shape index (κ2) is 13.5. The molecular formula is C62H38N2. The van der Waals surface area contributed by atoms with Crippen LogP contribution in [0.4, 0.5) is 0 Å². The summed E-state index contributed by atoms with van der Waals surface area (Å²) in [7, 11) is 0. The molecule has 13 aromatic rings. The average molecular weight is 811 g/mol. The first-order chi connectivity index (χ1) is 31.7. The van der Waals surface area contributed by atoms with Crippen LogP contribution in [0.1, 0.15) is 0 Å². The molecule has 14 rings (SSSR count). The van der Waals surface area contributed by atoms with Gasteiger partial charge < -0.3 is 9.13 Å². The highest BCUT2D eigenvalue weighted by Gasteiger charge is 2.23. The van der Waals surface area contributed by atoms with Crippen molar-refractivity contribution in [1.82, 2.24) is 9.13 Å². The zero-order valence-corrected chi connectivity index (χ0v) is 34.8. The Balaban J connectivity index is 0.887. The molecule has 0 aliphatic heterocycles. The molecule has 0 spiro atoms. The standard InChI is InChI=1S/C62H38N2/c1-2-15-45(16-3-1)63-58-23-9-8-20-51(58)52-31-27-43(38-60(52)63)42-28-35-59-57(37-42)56-32-26-40-12-4-5-17-48(40)62(56)64(59)46-29-24-39(25-30-46)41-13-10-14-44(36-41)47-33-34-55-50-19-7-6-18-49(50)54-22-11-21-53(47)61(54)55/h1-38H. The van der Waals surface area contributed by atoms with Crippen molar-refractivity contribution in [3.8, 4) is 67.0 Å². The maximum atomic E-state index is 2.47. The zero-order chi connectivity index (χ0) is 41.9. The van der Waals surface area contributed by atoms with Crippen LogP contribution in [0, 0.1) is 0 Å². The smallest absolute Gasteiger partial charge is 0.0619 e. The summed E-state index contributed by atoms with van der Waals surface area (Å²) in [4.78, 5) is 0. The van der Waals surface area contributed by atoms with Crippen LogP contribution < -0.4 is 0 Å². The lowest BCUT2D eigenvalue weighted by Crippen LogP contribution is -1.95. The Hall–Kier alpha value is -8.46. The molecule has 2 heterocycles. The quantitative estimate of drug-likeness (QED) is 0.164. The van der Waals surface area contributed by atoms with E-state index >= 15 is 0 Å². The van der Waals surface area contributed by atoms with Crippen molar-refractivity contribution in [3.63, 3.8) is 0 Å². The number of fused-ring (bicyclic) bond motifs is 11. The van der Waals surface area contributed by atoms with Gasteiger partial charge in [-0.25, -0.2) is 0 Å². The fourth-order valence-corrected chi connectivity index (χ4v) is 11.0. The number of hydrogen-bond donors (Lipinski definition) is 0. The van der Waals surface area contributed by atoms with Gasteiger partial charge in [0.2, 0.25) is 0 Å². The van der Waals surface area contributed by atoms with Crippen molar-refractivity contribution in [2.45, 2.75) is 0 Å². The van der Waals surface area contributed by atoms with Crippen molar-refractivity contribution >= 4 is 65.2 Å². The lowest BCUT2D eigenvalue weighted by atomic mass is 9.92. The van der Waals surface area contributed by atoms with Crippen molar-refractivity contribution in [3.05, 3.63) is 231 Å². The molecule has 0 radical (unpaired) electrons. The van der Waals surface area contributed by atoms with Crippen LogP contribution in [0.25, 0.3) is 132 Å². The van der Waals surface area contributed by atoms with Gasteiger partial charge in [-0.05, 0) is 126 Å². The van der Waals surface area contributed by atoms with Crippen molar-refractivity contribution in [2.24, 2.45) is 0 Å². The van der Waals surface area contributed by atoms with E-state index in [0.717, 1.165) is 5.69 Å². The van der Waals surface area contributed by atoms with Gasteiger partial charge in [-0.2, -0.15) is 0 Å². The molecule has 64 heavy (non-hydrogen) atoms. The maximum Gasteiger partial charge on any atom is 0.0619 e. The van der Waals surface area contributed by atoms with Gasteiger partial charge in [-0.3, -0.25) is 0 Å². The van der Waals surface area contributed by atoms with E-state index in [1.807, 2.05) is 0 Å². The number of benzene rings is 11. The molecule has 1 aliphatic rings. The Morgan fingerprint density at radius 2 is 0.812 bits per heavy atom. The van der Waals surface area contributed by atoms with Crippen LogP contribution in [0.2, 0.25) is 0 Å². The van der Waals surface area contributed by atoms with Crippen LogP contribution in [0.5, 0.6) is 0 Å². The summed E-state index contributed by atoms with van der Waals surface area (Å²) in [5, 5.41) is 10.2. The Morgan fingerprint density at radius 3 is 1.69 bits per heavy atom. The summed E-state index contributed by atoms with van der Waals surface area (Å²) in [6.45, 7) is 0. The predicted octanol–water partition coefficient (Wildman–Crippen LogP) is 16.8. The molecule has 0 saturated carbocycles. The van der Waals surface area contributed by atoms with Gasteiger partial charge in [0.1, 0.15) is 0 Å². The molecule has 0 unspecified atom stereocenters. The lowest BCUT2D eigenvalue weighted by molar-refractivity contribution is 1.18. The summed E-state index contributed by atoms with van der Waals surface area (Å²) >= 11 is 0. The van der Waals surface area contributed by atoms with Crippen molar-refractivity contribution in [1.29, 1.82) is 0 Å². The van der Waals surface area contributed by atoms with Crippen LogP contribution >= 0.6 is 0 Å². The molecule has 11 aromatic carbocycles. The first kappa shape index (κ1) is 35.2. The largest absolute Gasteiger partial charge is 0.309 e. The minimum absolute atomic E-state index is 1.14. The SMILES string of the molecule is c1ccc(-n2c3ccccc3c3ccc(-c4ccc5c(c4)c4ccc6ccccc6c4n5-c4ccc(-c5cccc(-c6ccc7c8c(cccc68)-c6ccccc6-7)c5)cc4)cc32)cc1. The number of aromatic nitrogens is 2. The second-order valence-electron chi connectivity index (χ2n) is 17.2. The van der Waals surface area contributed by atoms with Crippen LogP contribution in [0.3, 0.4) is 0 Å². The molecular weight excluding hydrogens is 773 g/mol. The summed E-state index contributed by atoms with van der Waals surface area (Å²) in [5.74, 6) is 0. The highest BCUT2D eigenvalue weighted by Crippen LogP contribution is 2.49. The van der Waals surface area contributed by atoms with Crippen LogP contribution in [-0.2, 0) is 0 Å². The highest BCUT2D eigenvalue weighted by atomic mass is 15.0. The third-order valence-electron chi connectivity index (χ3n) is 13.9. The van der Waals surface area contributed by atoms with E-state index in [0.29, 0.717) is 0 Å². The molecule has 296 valence electrons. The average Bonchev–Trinajstić information content (AvgIpc) is 4.00. The Labute approximate surface area is 370 Å². The molecule has 0 N–H and O–H groups in total. The first-order valence-corrected chi connectivity index (χ1v) is 22.2. The molecule has 0 fully saturated rings. The molecule has 0 bridgehead atoms. The van der Waals surface area contributed by atoms with Crippen LogP contribution in [0.15, 0.2) is 231 Å². The van der Waals surface area contributed by atoms with E-state index in [1.54, 1.807) is 0 Å². The minimum atomic E-state index is 1.14. The maximum absolute atomic E-state index is 2.47. The fraction of sp³-hybridized carbons (Fsp3) is 0. The number of para-hydroxylation sites is 2. The number of nitrogens with zero attached hydrogens (tertiary/aromatic N) is 2. The molecule has 2 aromatic heterocycles. The van der Waals surface area contributed by atoms with E-state index in [4.69, 9.17) is 0 Å². The predicted molar refractivity (Wildman–Crippen MR) is 271 cm³/mol. The first-order valence-electron chi connectivity index (χ1n) is 22.2. The fourth-order valence-electron chi connectivity index (χ4n) is 11.0. The second-order valence-corrected chi connectivity index (χ2v) is 17.2. The summed E-state index contributed by atoms with van der Waals surface area (Å²) in [5.41, 5.74) is 19.8. The third kappa shape index (κ3) is 5.08. The normalized spacial score (nSPS) is 12.1. The van der Waals surface area contributed by atoms with Gasteiger partial charge in [-0.15, -0.1) is 0 Å².